The van der Waals surface area contributed by atoms with Crippen molar-refractivity contribution in [1.29, 1.82) is 0 Å². The molecule has 0 spiro atoms. The average Bonchev–Trinajstić information content (AvgIpc) is 2.20. The summed E-state index contributed by atoms with van der Waals surface area (Å²) in [4.78, 5) is 0. The summed E-state index contributed by atoms with van der Waals surface area (Å²) in [7, 11) is -0.749. The molecule has 0 aromatic carbocycles. The Bertz CT molecular complexity index is 150. The van der Waals surface area contributed by atoms with E-state index in [-0.39, 0.29) is 0 Å². The molecule has 2 atom stereocenters. The molecule has 1 aliphatic rings. The van der Waals surface area contributed by atoms with Crippen molar-refractivity contribution in [3.05, 3.63) is 0 Å². The van der Waals surface area contributed by atoms with Gasteiger partial charge in [0, 0.05) is 18.8 Å². The second-order valence-electron chi connectivity index (χ2n) is 3.12. The van der Waals surface area contributed by atoms with Gasteiger partial charge in [0.25, 0.3) is 0 Å². The first-order chi connectivity index (χ1) is 6.25. The SMILES string of the molecule is CC.CCC1CCCCN1S(C)=O. The molecule has 0 N–H and O–H groups in total. The molecule has 2 nitrogen and oxygen atoms in total. The molecule has 1 fully saturated rings. The van der Waals surface area contributed by atoms with Crippen LogP contribution in [0.3, 0.4) is 0 Å². The third-order valence-electron chi connectivity index (χ3n) is 2.37. The fraction of sp³-hybridized carbons (Fsp3) is 1.00. The first kappa shape index (κ1) is 13.1. The standard InChI is InChI=1S/C8H17NOS.C2H6/c1-3-8-6-4-5-7-9(8)11(2)10;1-2/h8H,3-7H2,1-2H3;1-2H3. The van der Waals surface area contributed by atoms with Crippen LogP contribution in [0, 0.1) is 0 Å². The van der Waals surface area contributed by atoms with Crippen LogP contribution in [0.4, 0.5) is 0 Å². The topological polar surface area (TPSA) is 20.3 Å². The highest BCUT2D eigenvalue weighted by molar-refractivity contribution is 7.81. The Kier molecular flexibility index (Phi) is 7.57. The van der Waals surface area contributed by atoms with Gasteiger partial charge < -0.3 is 0 Å². The van der Waals surface area contributed by atoms with Crippen LogP contribution in [0.2, 0.25) is 0 Å². The molecule has 1 heterocycles. The monoisotopic (exact) mass is 205 g/mol. The molecule has 0 aromatic rings. The zero-order valence-electron chi connectivity index (χ0n) is 9.38. The number of hydrogen-bond acceptors (Lipinski definition) is 1. The second-order valence-corrected chi connectivity index (χ2v) is 4.44. The highest BCUT2D eigenvalue weighted by atomic mass is 32.2. The summed E-state index contributed by atoms with van der Waals surface area (Å²) in [6, 6.07) is 0.578. The van der Waals surface area contributed by atoms with E-state index in [1.54, 1.807) is 6.26 Å². The maximum atomic E-state index is 11.2. The van der Waals surface area contributed by atoms with Gasteiger partial charge in [-0.25, -0.2) is 8.51 Å². The molecular formula is C10H23NOS. The largest absolute Gasteiger partial charge is 0.243 e. The van der Waals surface area contributed by atoms with E-state index in [1.807, 2.05) is 13.8 Å². The van der Waals surface area contributed by atoms with Gasteiger partial charge in [-0.3, -0.25) is 0 Å². The van der Waals surface area contributed by atoms with Crippen molar-refractivity contribution >= 4 is 11.0 Å². The molecule has 13 heavy (non-hydrogen) atoms. The molecular weight excluding hydrogens is 182 g/mol. The predicted octanol–water partition coefficient (Wildman–Crippen LogP) is 2.57. The smallest absolute Gasteiger partial charge is 0.0913 e. The van der Waals surface area contributed by atoms with Crippen molar-refractivity contribution in [1.82, 2.24) is 4.31 Å². The zero-order valence-corrected chi connectivity index (χ0v) is 10.2. The number of nitrogens with zero attached hydrogens (tertiary/aromatic N) is 1. The number of piperidine rings is 1. The number of rotatable bonds is 2. The van der Waals surface area contributed by atoms with Gasteiger partial charge >= 0.3 is 0 Å². The molecule has 1 aliphatic heterocycles. The van der Waals surface area contributed by atoms with Crippen LogP contribution < -0.4 is 0 Å². The second kappa shape index (κ2) is 7.51. The van der Waals surface area contributed by atoms with Crippen LogP contribution in [-0.2, 0) is 11.0 Å². The number of hydrogen-bond donors (Lipinski definition) is 0. The molecule has 1 rings (SSSR count). The van der Waals surface area contributed by atoms with Gasteiger partial charge in [-0.1, -0.05) is 27.2 Å². The molecule has 0 radical (unpaired) electrons. The normalized spacial score (nSPS) is 26.0. The van der Waals surface area contributed by atoms with Crippen LogP contribution in [0.15, 0.2) is 0 Å². The van der Waals surface area contributed by atoms with Gasteiger partial charge in [-0.2, -0.15) is 0 Å². The highest BCUT2D eigenvalue weighted by Crippen LogP contribution is 2.19. The fourth-order valence-corrected chi connectivity index (χ4v) is 2.78. The quantitative estimate of drug-likeness (QED) is 0.678. The zero-order chi connectivity index (χ0) is 10.3. The average molecular weight is 205 g/mol. The molecule has 2 unspecified atom stereocenters. The van der Waals surface area contributed by atoms with E-state index in [0.717, 1.165) is 13.0 Å². The lowest BCUT2D eigenvalue weighted by atomic mass is 10.0. The lowest BCUT2D eigenvalue weighted by Gasteiger charge is -2.32. The maximum absolute atomic E-state index is 11.2. The Balaban J connectivity index is 0.000000671. The summed E-state index contributed by atoms with van der Waals surface area (Å²) >= 11 is 0. The van der Waals surface area contributed by atoms with Gasteiger partial charge in [-0.15, -0.1) is 0 Å². The molecule has 0 aliphatic carbocycles. The maximum Gasteiger partial charge on any atom is 0.0913 e. The Hall–Kier alpha value is 0.110. The summed E-state index contributed by atoms with van der Waals surface area (Å²) in [5.41, 5.74) is 0. The minimum atomic E-state index is -0.749. The van der Waals surface area contributed by atoms with E-state index in [0.29, 0.717) is 6.04 Å². The summed E-state index contributed by atoms with van der Waals surface area (Å²) in [5, 5.41) is 0. The minimum Gasteiger partial charge on any atom is -0.243 e. The van der Waals surface area contributed by atoms with Crippen molar-refractivity contribution in [3.8, 4) is 0 Å². The van der Waals surface area contributed by atoms with Crippen molar-refractivity contribution < 1.29 is 4.21 Å². The third-order valence-corrected chi connectivity index (χ3v) is 3.52. The Morgan fingerprint density at radius 1 is 1.38 bits per heavy atom. The fourth-order valence-electron chi connectivity index (χ4n) is 1.72. The van der Waals surface area contributed by atoms with E-state index >= 15 is 0 Å². The van der Waals surface area contributed by atoms with Gasteiger partial charge in [0.2, 0.25) is 0 Å². The highest BCUT2D eigenvalue weighted by Gasteiger charge is 2.22. The third kappa shape index (κ3) is 4.23. The van der Waals surface area contributed by atoms with Crippen LogP contribution >= 0.6 is 0 Å². The summed E-state index contributed by atoms with van der Waals surface area (Å²) in [6.45, 7) is 7.21. The summed E-state index contributed by atoms with van der Waals surface area (Å²) < 4.78 is 13.3. The predicted molar refractivity (Wildman–Crippen MR) is 60.1 cm³/mol. The van der Waals surface area contributed by atoms with E-state index in [2.05, 4.69) is 11.2 Å². The van der Waals surface area contributed by atoms with Crippen LogP contribution in [0.5, 0.6) is 0 Å². The van der Waals surface area contributed by atoms with E-state index in [9.17, 15) is 4.21 Å². The van der Waals surface area contributed by atoms with Crippen molar-refractivity contribution in [2.45, 2.75) is 52.5 Å². The molecule has 80 valence electrons. The molecule has 0 saturated carbocycles. The first-order valence-corrected chi connectivity index (χ1v) is 6.87. The van der Waals surface area contributed by atoms with Gasteiger partial charge in [0.15, 0.2) is 0 Å². The van der Waals surface area contributed by atoms with Crippen LogP contribution in [-0.4, -0.2) is 27.4 Å². The van der Waals surface area contributed by atoms with Gasteiger partial charge in [0.1, 0.15) is 0 Å². The Morgan fingerprint density at radius 2 is 2.00 bits per heavy atom. The van der Waals surface area contributed by atoms with E-state index in [4.69, 9.17) is 0 Å². The van der Waals surface area contributed by atoms with Crippen molar-refractivity contribution in [2.75, 3.05) is 12.8 Å². The van der Waals surface area contributed by atoms with Crippen LogP contribution in [0.1, 0.15) is 46.5 Å². The molecule has 0 aromatic heterocycles. The van der Waals surface area contributed by atoms with Gasteiger partial charge in [0.05, 0.1) is 11.0 Å². The summed E-state index contributed by atoms with van der Waals surface area (Å²) in [6.07, 6.45) is 6.69. The first-order valence-electron chi connectivity index (χ1n) is 5.36. The van der Waals surface area contributed by atoms with E-state index in [1.165, 1.54) is 19.3 Å². The lowest BCUT2D eigenvalue weighted by Crippen LogP contribution is -2.39. The Labute approximate surface area is 85.3 Å². The molecule has 1 saturated heterocycles. The lowest BCUT2D eigenvalue weighted by molar-refractivity contribution is 0.259. The van der Waals surface area contributed by atoms with Crippen LogP contribution in [0.25, 0.3) is 0 Å². The van der Waals surface area contributed by atoms with Crippen molar-refractivity contribution in [3.63, 3.8) is 0 Å². The minimum absolute atomic E-state index is 0.578. The van der Waals surface area contributed by atoms with E-state index < -0.39 is 11.0 Å². The molecule has 3 heteroatoms. The molecule has 0 amide bonds. The van der Waals surface area contributed by atoms with Gasteiger partial charge in [-0.05, 0) is 19.3 Å². The molecule has 0 bridgehead atoms. The van der Waals surface area contributed by atoms with Crippen molar-refractivity contribution in [2.24, 2.45) is 0 Å². The summed E-state index contributed by atoms with van der Waals surface area (Å²) in [5.74, 6) is 0. The Morgan fingerprint density at radius 3 is 2.38 bits per heavy atom.